The summed E-state index contributed by atoms with van der Waals surface area (Å²) in [4.78, 5) is 31.4. The quantitative estimate of drug-likeness (QED) is 0.385. The van der Waals surface area contributed by atoms with E-state index in [9.17, 15) is 35.9 Å². The number of nitrogens with zero attached hydrogens (tertiary/aromatic N) is 2. The second-order valence-corrected chi connectivity index (χ2v) is 8.82. The average Bonchev–Trinajstić information content (AvgIpc) is 3.25. The number of carbonyl (C=O) groups excluding carboxylic acids is 2. The Labute approximate surface area is 207 Å². The monoisotopic (exact) mass is 527 g/mol. The number of esters is 1. The molecular weight excluding hydrogens is 504 g/mol. The summed E-state index contributed by atoms with van der Waals surface area (Å²) in [6.07, 6.45) is -8.13. The molecule has 1 atom stereocenters. The predicted octanol–water partition coefficient (Wildman–Crippen LogP) is 4.75. The van der Waals surface area contributed by atoms with E-state index in [1.54, 1.807) is 11.1 Å². The fourth-order valence-electron chi connectivity index (χ4n) is 4.55. The minimum Gasteiger partial charge on any atom is -0.468 e. The summed E-state index contributed by atoms with van der Waals surface area (Å²) in [6.45, 7) is 0.299. The molecule has 198 valence electrons. The Morgan fingerprint density at radius 2 is 1.65 bits per heavy atom. The molecule has 1 aliphatic heterocycles. The van der Waals surface area contributed by atoms with Gasteiger partial charge in [0.1, 0.15) is 0 Å². The molecule has 1 amide bonds. The first kappa shape index (κ1) is 26.5. The van der Waals surface area contributed by atoms with Crippen molar-refractivity contribution in [1.82, 2.24) is 14.8 Å². The van der Waals surface area contributed by atoms with E-state index < -0.39 is 47.0 Å². The smallest absolute Gasteiger partial charge is 0.416 e. The molecule has 0 bridgehead atoms. The molecule has 0 aliphatic carbocycles. The van der Waals surface area contributed by atoms with Crippen LogP contribution in [0.1, 0.15) is 27.0 Å². The van der Waals surface area contributed by atoms with Crippen LogP contribution < -0.4 is 0 Å². The zero-order valence-corrected chi connectivity index (χ0v) is 19.6. The van der Waals surface area contributed by atoms with Crippen LogP contribution in [0.4, 0.5) is 26.3 Å². The largest absolute Gasteiger partial charge is 0.468 e. The number of rotatable bonds is 5. The lowest BCUT2D eigenvalue weighted by Gasteiger charge is -2.41. The number of nitrogens with one attached hydrogen (secondary N) is 1. The standard InChI is InChI=1S/C25H23F6N3O3/c1-37-22(35)14-33-6-7-34(19(13-33)10-16-12-32-21-5-3-2-4-20(16)21)23(36)15-8-17(24(26,27)28)11-18(9-15)25(29,30)31/h2-5,8-9,11-12,19,32H,6-7,10,13-14H2,1H3/t19-/m1/s1. The van der Waals surface area contributed by atoms with Gasteiger partial charge in [-0.25, -0.2) is 0 Å². The van der Waals surface area contributed by atoms with Crippen LogP contribution in [0.25, 0.3) is 10.9 Å². The lowest BCUT2D eigenvalue weighted by Crippen LogP contribution is -2.56. The van der Waals surface area contributed by atoms with Crippen molar-refractivity contribution < 1.29 is 40.7 Å². The molecule has 0 radical (unpaired) electrons. The number of piperazine rings is 1. The second-order valence-electron chi connectivity index (χ2n) is 8.82. The third kappa shape index (κ3) is 5.90. The lowest BCUT2D eigenvalue weighted by molar-refractivity contribution is -0.143. The van der Waals surface area contributed by atoms with Gasteiger partial charge in [0.05, 0.1) is 24.8 Å². The Bertz CT molecular complexity index is 1270. The molecule has 37 heavy (non-hydrogen) atoms. The molecule has 1 saturated heterocycles. The zero-order chi connectivity index (χ0) is 27.0. The number of fused-ring (bicyclic) bond motifs is 1. The molecule has 2 aromatic carbocycles. The maximum atomic E-state index is 13.4. The van der Waals surface area contributed by atoms with Crippen LogP contribution in [-0.4, -0.2) is 66.0 Å². The second kappa shape index (κ2) is 10.1. The van der Waals surface area contributed by atoms with Crippen molar-refractivity contribution in [2.75, 3.05) is 33.3 Å². The van der Waals surface area contributed by atoms with Gasteiger partial charge in [0.25, 0.3) is 5.91 Å². The van der Waals surface area contributed by atoms with Gasteiger partial charge >= 0.3 is 18.3 Å². The Hall–Kier alpha value is -3.54. The molecule has 4 rings (SSSR count). The summed E-state index contributed by atoms with van der Waals surface area (Å²) in [5.74, 6) is -1.45. The maximum absolute atomic E-state index is 13.4. The number of amides is 1. The van der Waals surface area contributed by atoms with Gasteiger partial charge in [-0.05, 0) is 36.2 Å². The minimum absolute atomic E-state index is 0.000443. The number of methoxy groups -OCH3 is 1. The molecule has 1 aliphatic rings. The highest BCUT2D eigenvalue weighted by Crippen LogP contribution is 2.37. The van der Waals surface area contributed by atoms with Gasteiger partial charge in [-0.1, -0.05) is 18.2 Å². The third-order valence-corrected chi connectivity index (χ3v) is 6.37. The maximum Gasteiger partial charge on any atom is 0.416 e. The molecular formula is C25H23F6N3O3. The van der Waals surface area contributed by atoms with Gasteiger partial charge < -0.3 is 14.6 Å². The topological polar surface area (TPSA) is 65.6 Å². The molecule has 1 N–H and O–H groups in total. The van der Waals surface area contributed by atoms with Crippen molar-refractivity contribution in [2.45, 2.75) is 24.8 Å². The van der Waals surface area contributed by atoms with Gasteiger partial charge in [-0.15, -0.1) is 0 Å². The molecule has 0 spiro atoms. The van der Waals surface area contributed by atoms with E-state index in [2.05, 4.69) is 4.98 Å². The van der Waals surface area contributed by atoms with Crippen LogP contribution in [-0.2, 0) is 28.3 Å². The molecule has 0 saturated carbocycles. The van der Waals surface area contributed by atoms with Crippen molar-refractivity contribution in [1.29, 1.82) is 0 Å². The number of carbonyl (C=O) groups is 2. The summed E-state index contributed by atoms with van der Waals surface area (Å²) in [6, 6.07) is 7.64. The molecule has 2 heterocycles. The Morgan fingerprint density at radius 1 is 1.00 bits per heavy atom. The number of H-pyrrole nitrogens is 1. The summed E-state index contributed by atoms with van der Waals surface area (Å²) in [5.41, 5.74) is -2.15. The van der Waals surface area contributed by atoms with Crippen molar-refractivity contribution >= 4 is 22.8 Å². The van der Waals surface area contributed by atoms with E-state index in [4.69, 9.17) is 4.74 Å². The van der Waals surface area contributed by atoms with Crippen LogP contribution in [0, 0.1) is 0 Å². The number of halogens is 6. The zero-order valence-electron chi connectivity index (χ0n) is 19.6. The normalized spacial score (nSPS) is 17.3. The first-order valence-corrected chi connectivity index (χ1v) is 11.3. The van der Waals surface area contributed by atoms with Gasteiger partial charge in [0.2, 0.25) is 0 Å². The van der Waals surface area contributed by atoms with Crippen LogP contribution in [0.15, 0.2) is 48.7 Å². The first-order chi connectivity index (χ1) is 17.4. The molecule has 1 aromatic heterocycles. The number of alkyl halides is 6. The fraction of sp³-hybridized carbons (Fsp3) is 0.360. The van der Waals surface area contributed by atoms with E-state index >= 15 is 0 Å². The summed E-state index contributed by atoms with van der Waals surface area (Å²) >= 11 is 0. The minimum atomic E-state index is -5.07. The molecule has 6 nitrogen and oxygen atoms in total. The van der Waals surface area contributed by atoms with Crippen LogP contribution in [0.3, 0.4) is 0 Å². The molecule has 12 heteroatoms. The van der Waals surface area contributed by atoms with Gasteiger partial charge in [0, 0.05) is 48.3 Å². The summed E-state index contributed by atoms with van der Waals surface area (Å²) < 4.78 is 85.0. The lowest BCUT2D eigenvalue weighted by atomic mass is 9.98. The van der Waals surface area contributed by atoms with Crippen LogP contribution in [0.5, 0.6) is 0 Å². The predicted molar refractivity (Wildman–Crippen MR) is 122 cm³/mol. The fourth-order valence-corrected chi connectivity index (χ4v) is 4.55. The summed E-state index contributed by atoms with van der Waals surface area (Å²) in [5, 5.41) is 0.874. The highest BCUT2D eigenvalue weighted by molar-refractivity contribution is 5.95. The molecule has 3 aromatic rings. The van der Waals surface area contributed by atoms with Gasteiger partial charge in [-0.3, -0.25) is 14.5 Å². The number of aromatic amines is 1. The Balaban J connectivity index is 1.70. The van der Waals surface area contributed by atoms with Crippen molar-refractivity contribution in [3.63, 3.8) is 0 Å². The highest BCUT2D eigenvalue weighted by atomic mass is 19.4. The Morgan fingerprint density at radius 3 is 2.27 bits per heavy atom. The van der Waals surface area contributed by atoms with Crippen LogP contribution in [0.2, 0.25) is 0 Å². The van der Waals surface area contributed by atoms with E-state index in [1.807, 2.05) is 24.3 Å². The summed E-state index contributed by atoms with van der Waals surface area (Å²) in [7, 11) is 1.23. The first-order valence-electron chi connectivity index (χ1n) is 11.3. The highest BCUT2D eigenvalue weighted by Gasteiger charge is 2.39. The number of ether oxygens (including phenoxy) is 1. The number of para-hydroxylation sites is 1. The number of hydrogen-bond acceptors (Lipinski definition) is 4. The van der Waals surface area contributed by atoms with Crippen molar-refractivity contribution in [3.05, 3.63) is 70.9 Å². The molecule has 1 fully saturated rings. The van der Waals surface area contributed by atoms with E-state index in [0.717, 1.165) is 16.5 Å². The van der Waals surface area contributed by atoms with Crippen molar-refractivity contribution in [2.24, 2.45) is 0 Å². The van der Waals surface area contributed by atoms with Crippen molar-refractivity contribution in [3.8, 4) is 0 Å². The van der Waals surface area contributed by atoms with Gasteiger partial charge in [-0.2, -0.15) is 26.3 Å². The van der Waals surface area contributed by atoms with Crippen LogP contribution >= 0.6 is 0 Å². The third-order valence-electron chi connectivity index (χ3n) is 6.37. The number of aromatic nitrogens is 1. The number of benzene rings is 2. The van der Waals surface area contributed by atoms with E-state index in [0.29, 0.717) is 12.1 Å². The SMILES string of the molecule is COC(=O)CN1CCN(C(=O)c2cc(C(F)(F)F)cc(C(F)(F)F)c2)[C@H](Cc2c[nH]c3ccccc23)C1. The number of hydrogen-bond donors (Lipinski definition) is 1. The van der Waals surface area contributed by atoms with E-state index in [-0.39, 0.29) is 38.7 Å². The van der Waals surface area contributed by atoms with E-state index in [1.165, 1.54) is 12.0 Å². The Kier molecular flexibility index (Phi) is 7.22. The van der Waals surface area contributed by atoms with Gasteiger partial charge in [0.15, 0.2) is 0 Å². The molecule has 0 unspecified atom stereocenters. The average molecular weight is 527 g/mol.